The number of hydrogen-bond donors (Lipinski definition) is 1. The van der Waals surface area contributed by atoms with Gasteiger partial charge in [0.15, 0.2) is 0 Å². The number of aliphatic carboxylic acids is 1. The monoisotopic (exact) mass is 303 g/mol. The molecule has 0 radical (unpaired) electrons. The minimum absolute atomic E-state index is 0.0621. The third kappa shape index (κ3) is 3.32. The van der Waals surface area contributed by atoms with Gasteiger partial charge in [-0.15, -0.1) is 11.3 Å². The van der Waals surface area contributed by atoms with Crippen molar-refractivity contribution in [2.24, 2.45) is 0 Å². The van der Waals surface area contributed by atoms with Crippen LogP contribution < -0.4 is 0 Å². The normalized spacial score (nSPS) is 11.5. The largest absolute Gasteiger partial charge is 0.481 e. The lowest BCUT2D eigenvalue weighted by molar-refractivity contribution is -0.136. The number of benzene rings is 1. The number of aromatic nitrogens is 1. The Morgan fingerprint density at radius 2 is 1.90 bits per heavy atom. The van der Waals surface area contributed by atoms with Crippen molar-refractivity contribution in [2.45, 2.75) is 44.9 Å². The highest BCUT2D eigenvalue weighted by Crippen LogP contribution is 2.40. The molecule has 1 heterocycles. The van der Waals surface area contributed by atoms with E-state index in [1.165, 1.54) is 5.56 Å². The van der Waals surface area contributed by atoms with Gasteiger partial charge in [0, 0.05) is 17.2 Å². The van der Waals surface area contributed by atoms with Crippen molar-refractivity contribution >= 4 is 17.3 Å². The molecular formula is C17H21NO2S. The van der Waals surface area contributed by atoms with Gasteiger partial charge < -0.3 is 5.11 Å². The zero-order chi connectivity index (χ0) is 15.3. The fourth-order valence-electron chi connectivity index (χ4n) is 2.72. The Kier molecular flexibility index (Phi) is 5.12. The van der Waals surface area contributed by atoms with Gasteiger partial charge in [0.2, 0.25) is 0 Å². The van der Waals surface area contributed by atoms with E-state index in [1.54, 1.807) is 11.3 Å². The minimum atomic E-state index is -0.773. The van der Waals surface area contributed by atoms with Crippen molar-refractivity contribution in [3.63, 3.8) is 0 Å². The van der Waals surface area contributed by atoms with E-state index >= 15 is 0 Å². The highest BCUT2D eigenvalue weighted by atomic mass is 32.1. The van der Waals surface area contributed by atoms with Gasteiger partial charge in [-0.3, -0.25) is 4.79 Å². The molecule has 0 aliphatic heterocycles. The summed E-state index contributed by atoms with van der Waals surface area (Å²) in [6.45, 7) is 4.38. The molecule has 2 rings (SSSR count). The van der Waals surface area contributed by atoms with Crippen LogP contribution in [-0.4, -0.2) is 16.1 Å². The smallest absolute Gasteiger partial charge is 0.303 e. The number of aryl methyl sites for hydroxylation is 1. The van der Waals surface area contributed by atoms with Gasteiger partial charge in [-0.05, 0) is 18.4 Å². The number of carboxylic acid groups (broad SMARTS) is 1. The molecule has 0 aliphatic carbocycles. The van der Waals surface area contributed by atoms with Crippen LogP contribution in [0.4, 0.5) is 0 Å². The molecule has 0 bridgehead atoms. The van der Waals surface area contributed by atoms with Crippen LogP contribution in [-0.2, 0) is 16.6 Å². The molecule has 0 atom stereocenters. The van der Waals surface area contributed by atoms with Crippen LogP contribution in [0, 0.1) is 0 Å². The maximum Gasteiger partial charge on any atom is 0.303 e. The first-order valence-corrected chi connectivity index (χ1v) is 8.22. The number of carboxylic acids is 1. The van der Waals surface area contributed by atoms with E-state index < -0.39 is 5.97 Å². The average molecular weight is 303 g/mol. The second kappa shape index (κ2) is 6.85. The van der Waals surface area contributed by atoms with E-state index in [0.717, 1.165) is 23.5 Å². The molecule has 0 saturated carbocycles. The molecule has 21 heavy (non-hydrogen) atoms. The van der Waals surface area contributed by atoms with Crippen molar-refractivity contribution in [1.82, 2.24) is 4.98 Å². The SMILES string of the molecule is CCC(CC)(c1ccccc1)c1nc(CCC(=O)O)cs1. The number of nitrogens with zero attached hydrogens (tertiary/aromatic N) is 1. The van der Waals surface area contributed by atoms with Crippen molar-refractivity contribution in [3.8, 4) is 0 Å². The van der Waals surface area contributed by atoms with E-state index in [2.05, 4.69) is 38.1 Å². The summed E-state index contributed by atoms with van der Waals surface area (Å²) in [5.41, 5.74) is 2.11. The first-order valence-electron chi connectivity index (χ1n) is 7.34. The van der Waals surface area contributed by atoms with E-state index in [4.69, 9.17) is 10.1 Å². The zero-order valence-electron chi connectivity index (χ0n) is 12.5. The van der Waals surface area contributed by atoms with Crippen molar-refractivity contribution in [2.75, 3.05) is 0 Å². The molecule has 1 aromatic heterocycles. The summed E-state index contributed by atoms with van der Waals surface area (Å²) in [4.78, 5) is 15.4. The van der Waals surface area contributed by atoms with Crippen molar-refractivity contribution in [3.05, 3.63) is 52.0 Å². The molecule has 4 heteroatoms. The van der Waals surface area contributed by atoms with Gasteiger partial charge in [0.1, 0.15) is 5.01 Å². The molecule has 3 nitrogen and oxygen atoms in total. The minimum Gasteiger partial charge on any atom is -0.481 e. The molecule has 0 saturated heterocycles. The quantitative estimate of drug-likeness (QED) is 0.831. The number of carbonyl (C=O) groups is 1. The summed E-state index contributed by atoms with van der Waals surface area (Å²) in [6, 6.07) is 10.5. The summed E-state index contributed by atoms with van der Waals surface area (Å²) in [5, 5.41) is 11.9. The second-order valence-corrected chi connectivity index (χ2v) is 6.05. The molecule has 1 N–H and O–H groups in total. The number of thiazole rings is 1. The van der Waals surface area contributed by atoms with Crippen LogP contribution >= 0.6 is 11.3 Å². The lowest BCUT2D eigenvalue weighted by Gasteiger charge is -2.30. The summed E-state index contributed by atoms with van der Waals surface area (Å²) in [6.07, 6.45) is 2.61. The Morgan fingerprint density at radius 1 is 1.24 bits per heavy atom. The molecule has 112 valence electrons. The number of hydrogen-bond acceptors (Lipinski definition) is 3. The van der Waals surface area contributed by atoms with Crippen LogP contribution in [0.3, 0.4) is 0 Å². The van der Waals surface area contributed by atoms with E-state index in [-0.39, 0.29) is 11.8 Å². The van der Waals surface area contributed by atoms with Gasteiger partial charge >= 0.3 is 5.97 Å². The Bertz CT molecular complexity index is 588. The Morgan fingerprint density at radius 3 is 2.48 bits per heavy atom. The van der Waals surface area contributed by atoms with Gasteiger partial charge in [-0.25, -0.2) is 4.98 Å². The highest BCUT2D eigenvalue weighted by molar-refractivity contribution is 7.09. The van der Waals surface area contributed by atoms with Gasteiger partial charge in [-0.1, -0.05) is 44.2 Å². The Hall–Kier alpha value is -1.68. The fourth-order valence-corrected chi connectivity index (χ4v) is 3.94. The van der Waals surface area contributed by atoms with Crippen LogP contribution in [0.15, 0.2) is 35.7 Å². The molecule has 0 aliphatic rings. The molecule has 2 aromatic rings. The molecule has 0 unspecified atom stereocenters. The zero-order valence-corrected chi connectivity index (χ0v) is 13.3. The average Bonchev–Trinajstić information content (AvgIpc) is 2.98. The first-order chi connectivity index (χ1) is 10.1. The standard InChI is InChI=1S/C17H21NO2S/c1-3-17(4-2,13-8-6-5-7-9-13)16-18-14(12-21-16)10-11-15(19)20/h5-9,12H,3-4,10-11H2,1-2H3,(H,19,20). The lowest BCUT2D eigenvalue weighted by atomic mass is 9.76. The van der Waals surface area contributed by atoms with Crippen LogP contribution in [0.5, 0.6) is 0 Å². The molecule has 1 aromatic carbocycles. The Labute approximate surface area is 129 Å². The first kappa shape index (κ1) is 15.7. The maximum atomic E-state index is 10.7. The topological polar surface area (TPSA) is 50.2 Å². The van der Waals surface area contributed by atoms with E-state index in [0.29, 0.717) is 6.42 Å². The van der Waals surface area contributed by atoms with Gasteiger partial charge in [0.05, 0.1) is 12.1 Å². The third-order valence-corrected chi connectivity index (χ3v) is 5.18. The second-order valence-electron chi connectivity index (χ2n) is 5.19. The van der Waals surface area contributed by atoms with Crippen LogP contribution in [0.1, 0.15) is 49.4 Å². The Balaban J connectivity index is 2.33. The van der Waals surface area contributed by atoms with E-state index in [9.17, 15) is 4.79 Å². The molecule has 0 spiro atoms. The summed E-state index contributed by atoms with van der Waals surface area (Å²) in [5.74, 6) is -0.773. The lowest BCUT2D eigenvalue weighted by Crippen LogP contribution is -2.25. The van der Waals surface area contributed by atoms with Crippen molar-refractivity contribution in [1.29, 1.82) is 0 Å². The summed E-state index contributed by atoms with van der Waals surface area (Å²) < 4.78 is 0. The maximum absolute atomic E-state index is 10.7. The van der Waals surface area contributed by atoms with Gasteiger partial charge in [0.25, 0.3) is 0 Å². The third-order valence-electron chi connectivity index (χ3n) is 4.09. The molecule has 0 amide bonds. The van der Waals surface area contributed by atoms with Crippen LogP contribution in [0.25, 0.3) is 0 Å². The van der Waals surface area contributed by atoms with Crippen LogP contribution in [0.2, 0.25) is 0 Å². The summed E-state index contributed by atoms with van der Waals surface area (Å²) >= 11 is 1.65. The summed E-state index contributed by atoms with van der Waals surface area (Å²) in [7, 11) is 0. The fraction of sp³-hybridized carbons (Fsp3) is 0.412. The van der Waals surface area contributed by atoms with Crippen molar-refractivity contribution < 1.29 is 9.90 Å². The predicted molar refractivity (Wildman–Crippen MR) is 85.9 cm³/mol. The molecular weight excluding hydrogens is 282 g/mol. The molecule has 0 fully saturated rings. The highest BCUT2D eigenvalue weighted by Gasteiger charge is 2.33. The predicted octanol–water partition coefficient (Wildman–Crippen LogP) is 4.27. The van der Waals surface area contributed by atoms with E-state index in [1.807, 2.05) is 11.4 Å². The van der Waals surface area contributed by atoms with Gasteiger partial charge in [-0.2, -0.15) is 0 Å². The number of rotatable bonds is 7.